The lowest BCUT2D eigenvalue weighted by molar-refractivity contribution is -0.145. The van der Waals surface area contributed by atoms with Gasteiger partial charge in [-0.3, -0.25) is 9.48 Å². The lowest BCUT2D eigenvalue weighted by Gasteiger charge is -2.25. The molecule has 0 aliphatic heterocycles. The molecule has 2 aliphatic rings. The number of unbranched alkanes of at least 4 members (excludes halogenated alkanes) is 1. The summed E-state index contributed by atoms with van der Waals surface area (Å²) in [7, 11) is 0. The Labute approximate surface area is 193 Å². The summed E-state index contributed by atoms with van der Waals surface area (Å²) in [5.41, 5.74) is 6.46. The minimum atomic E-state index is -0.274. The molecule has 0 spiro atoms. The van der Waals surface area contributed by atoms with Crippen LogP contribution in [0.5, 0.6) is 0 Å². The normalized spacial score (nSPS) is 17.7. The molecule has 1 aromatic carbocycles. The van der Waals surface area contributed by atoms with Crippen LogP contribution in [0.15, 0.2) is 24.3 Å². The zero-order chi connectivity index (χ0) is 22.3. The molecule has 0 amide bonds. The predicted molar refractivity (Wildman–Crippen MR) is 129 cm³/mol. The molecule has 2 aliphatic carbocycles. The van der Waals surface area contributed by atoms with Crippen LogP contribution in [0, 0.1) is 0 Å². The second kappa shape index (κ2) is 11.2. The zero-order valence-corrected chi connectivity index (χ0v) is 20.1. The average molecular weight is 437 g/mol. The predicted octanol–water partition coefficient (Wildman–Crippen LogP) is 6.50. The fourth-order valence-electron chi connectivity index (χ4n) is 5.72. The van der Waals surface area contributed by atoms with Crippen molar-refractivity contribution in [2.45, 2.75) is 109 Å². The van der Waals surface area contributed by atoms with Crippen LogP contribution in [-0.2, 0) is 35.2 Å². The quantitative estimate of drug-likeness (QED) is 0.422. The van der Waals surface area contributed by atoms with Gasteiger partial charge in [0.05, 0.1) is 24.3 Å². The van der Waals surface area contributed by atoms with Crippen LogP contribution < -0.4 is 0 Å². The van der Waals surface area contributed by atoms with Crippen molar-refractivity contribution in [3.63, 3.8) is 0 Å². The van der Waals surface area contributed by atoms with E-state index in [0.717, 1.165) is 43.4 Å². The maximum absolute atomic E-state index is 13.2. The van der Waals surface area contributed by atoms with E-state index in [1.54, 1.807) is 0 Å². The van der Waals surface area contributed by atoms with E-state index in [1.807, 2.05) is 6.92 Å². The van der Waals surface area contributed by atoms with Crippen molar-refractivity contribution in [2.75, 3.05) is 6.61 Å². The number of ether oxygens (including phenoxy) is 1. The number of esters is 1. The van der Waals surface area contributed by atoms with E-state index in [9.17, 15) is 4.79 Å². The second-order valence-electron chi connectivity index (χ2n) is 9.63. The van der Waals surface area contributed by atoms with Crippen molar-refractivity contribution < 1.29 is 9.53 Å². The van der Waals surface area contributed by atoms with Crippen molar-refractivity contribution in [3.05, 3.63) is 52.3 Å². The Kier molecular flexibility index (Phi) is 8.05. The average Bonchev–Trinajstić information content (AvgIpc) is 3.21. The standard InChI is InChI=1S/C28H40N2O2/c1-3-5-13-21-14-9-10-17-23(21)25(28(31)32-4-2)20-26-24-18-11-12-19-27(24)30(29-26)22-15-7-6-8-16-22/h9-10,14,17,22,25H,3-8,11-13,15-16,18-20H2,1-2H3. The van der Waals surface area contributed by atoms with Gasteiger partial charge in [-0.15, -0.1) is 0 Å². The SMILES string of the molecule is CCCCc1ccccc1C(Cc1nn(C2CCCCC2)c2c1CCCC2)C(=O)OCC. The molecule has 2 aromatic rings. The number of nitrogens with zero attached hydrogens (tertiary/aromatic N) is 2. The third-order valence-electron chi connectivity index (χ3n) is 7.41. The monoisotopic (exact) mass is 436 g/mol. The first-order chi connectivity index (χ1) is 15.7. The van der Waals surface area contributed by atoms with Gasteiger partial charge in [-0.05, 0) is 75.0 Å². The number of rotatable bonds is 9. The van der Waals surface area contributed by atoms with Gasteiger partial charge in [-0.2, -0.15) is 5.10 Å². The first-order valence-corrected chi connectivity index (χ1v) is 13.1. The number of aryl methyl sites for hydroxylation is 1. The Morgan fingerprint density at radius 1 is 1.09 bits per heavy atom. The third-order valence-corrected chi connectivity index (χ3v) is 7.41. The minimum absolute atomic E-state index is 0.103. The number of carbonyl (C=O) groups excluding carboxylic acids is 1. The fourth-order valence-corrected chi connectivity index (χ4v) is 5.72. The first kappa shape index (κ1) is 23.1. The summed E-state index contributed by atoms with van der Waals surface area (Å²) < 4.78 is 7.97. The lowest BCUT2D eigenvalue weighted by Crippen LogP contribution is -2.21. The topological polar surface area (TPSA) is 44.1 Å². The largest absolute Gasteiger partial charge is 0.466 e. The van der Waals surface area contributed by atoms with Crippen molar-refractivity contribution in [3.8, 4) is 0 Å². The number of carbonyl (C=O) groups is 1. The minimum Gasteiger partial charge on any atom is -0.466 e. The highest BCUT2D eigenvalue weighted by atomic mass is 16.5. The van der Waals surface area contributed by atoms with Crippen molar-refractivity contribution in [2.24, 2.45) is 0 Å². The van der Waals surface area contributed by atoms with Gasteiger partial charge in [0.15, 0.2) is 0 Å². The van der Waals surface area contributed by atoms with Gasteiger partial charge in [0.1, 0.15) is 0 Å². The van der Waals surface area contributed by atoms with Crippen LogP contribution in [0.3, 0.4) is 0 Å². The van der Waals surface area contributed by atoms with Gasteiger partial charge < -0.3 is 4.74 Å². The Hall–Kier alpha value is -2.10. The Bertz CT molecular complexity index is 895. The van der Waals surface area contributed by atoms with Crippen LogP contribution in [-0.4, -0.2) is 22.4 Å². The molecule has 0 saturated heterocycles. The molecule has 0 bridgehead atoms. The van der Waals surface area contributed by atoms with Gasteiger partial charge in [-0.25, -0.2) is 0 Å². The van der Waals surface area contributed by atoms with Crippen molar-refractivity contribution in [1.82, 2.24) is 9.78 Å². The van der Waals surface area contributed by atoms with E-state index < -0.39 is 0 Å². The Morgan fingerprint density at radius 2 is 1.88 bits per heavy atom. The molecule has 4 heteroatoms. The number of fused-ring (bicyclic) bond motifs is 1. The first-order valence-electron chi connectivity index (χ1n) is 13.1. The summed E-state index contributed by atoms with van der Waals surface area (Å²) in [6.45, 7) is 4.54. The molecular weight excluding hydrogens is 396 g/mol. The molecule has 1 atom stereocenters. The smallest absolute Gasteiger partial charge is 0.313 e. The molecule has 1 aromatic heterocycles. The van der Waals surface area contributed by atoms with E-state index in [4.69, 9.17) is 9.84 Å². The van der Waals surface area contributed by atoms with E-state index in [1.165, 1.54) is 61.8 Å². The molecule has 1 unspecified atom stereocenters. The number of hydrogen-bond acceptors (Lipinski definition) is 3. The van der Waals surface area contributed by atoms with E-state index >= 15 is 0 Å². The van der Waals surface area contributed by atoms with E-state index in [2.05, 4.69) is 35.9 Å². The van der Waals surface area contributed by atoms with E-state index in [-0.39, 0.29) is 11.9 Å². The van der Waals surface area contributed by atoms with Crippen LogP contribution in [0.4, 0.5) is 0 Å². The Morgan fingerprint density at radius 3 is 2.66 bits per heavy atom. The van der Waals surface area contributed by atoms with Gasteiger partial charge in [0.2, 0.25) is 0 Å². The summed E-state index contributed by atoms with van der Waals surface area (Å²) in [6.07, 6.45) is 15.1. The molecule has 4 nitrogen and oxygen atoms in total. The summed E-state index contributed by atoms with van der Waals surface area (Å²) in [5, 5.41) is 5.22. The fraction of sp³-hybridized carbons (Fsp3) is 0.643. The van der Waals surface area contributed by atoms with Gasteiger partial charge in [-0.1, -0.05) is 56.9 Å². The second-order valence-corrected chi connectivity index (χ2v) is 9.63. The Balaban J connectivity index is 1.69. The molecule has 0 N–H and O–H groups in total. The highest BCUT2D eigenvalue weighted by molar-refractivity contribution is 5.79. The van der Waals surface area contributed by atoms with Crippen LogP contribution in [0.2, 0.25) is 0 Å². The number of aromatic nitrogens is 2. The molecule has 0 radical (unpaired) electrons. The van der Waals surface area contributed by atoms with Crippen molar-refractivity contribution in [1.29, 1.82) is 0 Å². The molecule has 1 heterocycles. The van der Waals surface area contributed by atoms with E-state index in [0.29, 0.717) is 19.1 Å². The summed E-state index contributed by atoms with van der Waals surface area (Å²) >= 11 is 0. The van der Waals surface area contributed by atoms with Crippen LogP contribution in [0.1, 0.15) is 112 Å². The van der Waals surface area contributed by atoms with Gasteiger partial charge in [0.25, 0.3) is 0 Å². The number of hydrogen-bond donors (Lipinski definition) is 0. The third kappa shape index (κ3) is 5.10. The summed E-state index contributed by atoms with van der Waals surface area (Å²) in [4.78, 5) is 13.2. The molecule has 174 valence electrons. The summed E-state index contributed by atoms with van der Waals surface area (Å²) in [5.74, 6) is -0.378. The summed E-state index contributed by atoms with van der Waals surface area (Å²) in [6, 6.07) is 9.02. The molecular formula is C28H40N2O2. The van der Waals surface area contributed by atoms with Crippen LogP contribution >= 0.6 is 0 Å². The zero-order valence-electron chi connectivity index (χ0n) is 20.1. The lowest BCUT2D eigenvalue weighted by atomic mass is 9.86. The maximum atomic E-state index is 13.2. The maximum Gasteiger partial charge on any atom is 0.313 e. The number of benzene rings is 1. The van der Waals surface area contributed by atoms with Crippen molar-refractivity contribution >= 4 is 5.97 Å². The highest BCUT2D eigenvalue weighted by Crippen LogP contribution is 2.35. The molecule has 4 rings (SSSR count). The molecule has 1 fully saturated rings. The highest BCUT2D eigenvalue weighted by Gasteiger charge is 2.31. The van der Waals surface area contributed by atoms with Gasteiger partial charge >= 0.3 is 5.97 Å². The molecule has 1 saturated carbocycles. The van der Waals surface area contributed by atoms with Crippen LogP contribution in [0.25, 0.3) is 0 Å². The molecule has 32 heavy (non-hydrogen) atoms. The van der Waals surface area contributed by atoms with Gasteiger partial charge in [0, 0.05) is 12.1 Å².